The fourth-order valence-electron chi connectivity index (χ4n) is 4.04. The van der Waals surface area contributed by atoms with Crippen molar-refractivity contribution in [2.75, 3.05) is 19.8 Å². The Morgan fingerprint density at radius 3 is 2.86 bits per heavy atom. The molecule has 6 nitrogen and oxygen atoms in total. The van der Waals surface area contributed by atoms with Crippen molar-refractivity contribution in [1.82, 2.24) is 15.1 Å². The van der Waals surface area contributed by atoms with Crippen LogP contribution in [0.15, 0.2) is 40.1 Å². The van der Waals surface area contributed by atoms with Crippen LogP contribution in [0.2, 0.25) is 0 Å². The monoisotopic (exact) mass is 397 g/mol. The minimum absolute atomic E-state index is 0.0599. The number of nitrogens with zero attached hydrogens (tertiary/aromatic N) is 3. The second kappa shape index (κ2) is 7.56. The van der Waals surface area contributed by atoms with Crippen molar-refractivity contribution in [3.63, 3.8) is 0 Å². The smallest absolute Gasteiger partial charge is 0.257 e. The highest BCUT2D eigenvalue weighted by molar-refractivity contribution is 7.13. The Hall–Kier alpha value is -2.38. The summed E-state index contributed by atoms with van der Waals surface area (Å²) in [7, 11) is 0. The Balaban J connectivity index is 1.39. The fourth-order valence-corrected chi connectivity index (χ4v) is 4.69. The fraction of sp³-hybridized carbons (Fsp3) is 0.429. The largest absolute Gasteiger partial charge is 0.490 e. The first kappa shape index (κ1) is 17.7. The van der Waals surface area contributed by atoms with Gasteiger partial charge in [-0.25, -0.2) is 0 Å². The molecular weight excluding hydrogens is 374 g/mol. The third-order valence-corrected chi connectivity index (χ3v) is 6.34. The Morgan fingerprint density at radius 2 is 2.00 bits per heavy atom. The van der Waals surface area contributed by atoms with Crippen LogP contribution >= 0.6 is 11.3 Å². The van der Waals surface area contributed by atoms with Crippen LogP contribution in [0.5, 0.6) is 11.5 Å². The zero-order valence-electron chi connectivity index (χ0n) is 15.8. The molecule has 0 unspecified atom stereocenters. The number of benzene rings is 1. The molecule has 2 aliphatic rings. The van der Waals surface area contributed by atoms with E-state index in [0.29, 0.717) is 31.0 Å². The van der Waals surface area contributed by atoms with Crippen LogP contribution in [-0.2, 0) is 0 Å². The second-order valence-electron chi connectivity index (χ2n) is 7.25. The molecule has 2 atom stereocenters. The number of likely N-dealkylation sites (tertiary alicyclic amines) is 1. The summed E-state index contributed by atoms with van der Waals surface area (Å²) in [6, 6.07) is 10.7. The molecule has 28 heavy (non-hydrogen) atoms. The maximum absolute atomic E-state index is 6.00. The number of fused-ring (bicyclic) bond motifs is 1. The normalized spacial score (nSPS) is 20.8. The van der Waals surface area contributed by atoms with Gasteiger partial charge in [0.1, 0.15) is 0 Å². The Bertz CT molecular complexity index is 940. The molecule has 2 aliphatic heterocycles. The van der Waals surface area contributed by atoms with E-state index in [9.17, 15) is 0 Å². The van der Waals surface area contributed by atoms with Crippen molar-refractivity contribution in [2.24, 2.45) is 0 Å². The van der Waals surface area contributed by atoms with Gasteiger partial charge in [0.2, 0.25) is 5.89 Å². The van der Waals surface area contributed by atoms with Crippen molar-refractivity contribution in [1.29, 1.82) is 0 Å². The molecule has 4 heterocycles. The van der Waals surface area contributed by atoms with Gasteiger partial charge in [0, 0.05) is 12.5 Å². The number of ether oxygens (including phenoxy) is 2. The van der Waals surface area contributed by atoms with Gasteiger partial charge in [-0.05, 0) is 55.5 Å². The van der Waals surface area contributed by atoms with E-state index in [-0.39, 0.29) is 6.04 Å². The predicted molar refractivity (Wildman–Crippen MR) is 107 cm³/mol. The van der Waals surface area contributed by atoms with Crippen molar-refractivity contribution in [3.05, 3.63) is 47.2 Å². The van der Waals surface area contributed by atoms with Gasteiger partial charge in [0.15, 0.2) is 11.5 Å². The third-order valence-electron chi connectivity index (χ3n) is 5.48. The van der Waals surface area contributed by atoms with Crippen LogP contribution in [0, 0.1) is 0 Å². The summed E-state index contributed by atoms with van der Waals surface area (Å²) in [5, 5.41) is 10.6. The Kier molecular flexibility index (Phi) is 4.78. The Morgan fingerprint density at radius 1 is 1.11 bits per heavy atom. The molecule has 1 fully saturated rings. The lowest BCUT2D eigenvalue weighted by molar-refractivity contribution is 0.168. The van der Waals surface area contributed by atoms with E-state index in [1.165, 1.54) is 5.56 Å². The number of hydrogen-bond acceptors (Lipinski definition) is 7. The minimum Gasteiger partial charge on any atom is -0.490 e. The lowest BCUT2D eigenvalue weighted by atomic mass is 10.0. The summed E-state index contributed by atoms with van der Waals surface area (Å²) in [5.41, 5.74) is 1.26. The SMILES string of the molecule is C[C@@H](c1nnc(-c2cccs2)o1)N1CCC[C@@H]1c1ccc2c(c1)OCCCO2. The van der Waals surface area contributed by atoms with Gasteiger partial charge in [-0.3, -0.25) is 4.90 Å². The van der Waals surface area contributed by atoms with Gasteiger partial charge in [-0.2, -0.15) is 0 Å². The van der Waals surface area contributed by atoms with Crippen LogP contribution in [0.4, 0.5) is 0 Å². The molecule has 0 amide bonds. The quantitative estimate of drug-likeness (QED) is 0.627. The summed E-state index contributed by atoms with van der Waals surface area (Å²) < 4.78 is 17.7. The number of thiophene rings is 1. The first-order chi connectivity index (χ1) is 13.8. The topological polar surface area (TPSA) is 60.6 Å². The van der Waals surface area contributed by atoms with E-state index in [4.69, 9.17) is 13.9 Å². The molecule has 2 aromatic heterocycles. The maximum atomic E-state index is 6.00. The summed E-state index contributed by atoms with van der Waals surface area (Å²) in [4.78, 5) is 3.46. The van der Waals surface area contributed by atoms with Crippen LogP contribution in [0.3, 0.4) is 0 Å². The lowest BCUT2D eigenvalue weighted by Gasteiger charge is -2.29. The molecule has 0 radical (unpaired) electrons. The molecule has 1 saturated heterocycles. The number of rotatable bonds is 4. The lowest BCUT2D eigenvalue weighted by Crippen LogP contribution is -2.27. The van der Waals surface area contributed by atoms with Gasteiger partial charge in [-0.1, -0.05) is 12.1 Å². The molecule has 0 saturated carbocycles. The van der Waals surface area contributed by atoms with Crippen molar-refractivity contribution in [3.8, 4) is 22.3 Å². The van der Waals surface area contributed by atoms with E-state index in [1.54, 1.807) is 11.3 Å². The maximum Gasteiger partial charge on any atom is 0.257 e. The van der Waals surface area contributed by atoms with E-state index in [2.05, 4.69) is 34.2 Å². The van der Waals surface area contributed by atoms with Crippen molar-refractivity contribution < 1.29 is 13.9 Å². The van der Waals surface area contributed by atoms with Crippen molar-refractivity contribution >= 4 is 11.3 Å². The zero-order valence-corrected chi connectivity index (χ0v) is 16.7. The molecule has 0 aliphatic carbocycles. The zero-order chi connectivity index (χ0) is 18.9. The average Bonchev–Trinajstić information content (AvgIpc) is 3.46. The molecule has 1 aromatic carbocycles. The molecule has 3 aromatic rings. The van der Waals surface area contributed by atoms with Gasteiger partial charge >= 0.3 is 0 Å². The molecule has 7 heteroatoms. The van der Waals surface area contributed by atoms with E-state index in [0.717, 1.165) is 42.2 Å². The van der Waals surface area contributed by atoms with E-state index in [1.807, 2.05) is 23.6 Å². The summed E-state index contributed by atoms with van der Waals surface area (Å²) in [5.74, 6) is 2.97. The van der Waals surface area contributed by atoms with Crippen LogP contribution in [-0.4, -0.2) is 34.9 Å². The second-order valence-corrected chi connectivity index (χ2v) is 8.20. The van der Waals surface area contributed by atoms with Gasteiger partial charge in [-0.15, -0.1) is 21.5 Å². The van der Waals surface area contributed by atoms with Crippen molar-refractivity contribution in [2.45, 2.75) is 38.3 Å². The molecule has 0 spiro atoms. The van der Waals surface area contributed by atoms with Crippen LogP contribution in [0.25, 0.3) is 10.8 Å². The molecule has 0 bridgehead atoms. The molecule has 146 valence electrons. The molecule has 0 N–H and O–H groups in total. The van der Waals surface area contributed by atoms with E-state index < -0.39 is 0 Å². The van der Waals surface area contributed by atoms with Gasteiger partial charge < -0.3 is 13.9 Å². The molecular formula is C21H23N3O3S. The predicted octanol–water partition coefficient (Wildman–Crippen LogP) is 4.86. The standard InChI is InChI=1S/C21H23N3O3S/c1-14(20-22-23-21(27-20)19-6-3-12-28-19)24-9-2-5-16(24)15-7-8-17-18(13-15)26-11-4-10-25-17/h3,6-8,12-14,16H,2,4-5,9-11H2,1H3/t14-,16+/m0/s1. The first-order valence-corrected chi connectivity index (χ1v) is 10.7. The average molecular weight is 398 g/mol. The first-order valence-electron chi connectivity index (χ1n) is 9.82. The number of aromatic nitrogens is 2. The summed E-state index contributed by atoms with van der Waals surface area (Å²) in [6.45, 7) is 4.57. The van der Waals surface area contributed by atoms with Crippen LogP contribution < -0.4 is 9.47 Å². The summed E-state index contributed by atoms with van der Waals surface area (Å²) in [6.07, 6.45) is 3.17. The highest BCUT2D eigenvalue weighted by Gasteiger charge is 2.33. The van der Waals surface area contributed by atoms with Gasteiger partial charge in [0.25, 0.3) is 5.89 Å². The molecule has 5 rings (SSSR count). The minimum atomic E-state index is 0.0599. The third kappa shape index (κ3) is 3.29. The van der Waals surface area contributed by atoms with E-state index >= 15 is 0 Å². The highest BCUT2D eigenvalue weighted by Crippen LogP contribution is 2.41. The highest BCUT2D eigenvalue weighted by atomic mass is 32.1. The Labute approximate surface area is 168 Å². The number of hydrogen-bond donors (Lipinski definition) is 0. The van der Waals surface area contributed by atoms with Crippen LogP contribution in [0.1, 0.15) is 49.7 Å². The summed E-state index contributed by atoms with van der Waals surface area (Å²) >= 11 is 1.61. The van der Waals surface area contributed by atoms with Gasteiger partial charge in [0.05, 0.1) is 24.1 Å².